The molecule has 3 heteroatoms. The summed E-state index contributed by atoms with van der Waals surface area (Å²) in [6, 6.07) is 5.28. The second-order valence-electron chi connectivity index (χ2n) is 5.49. The van der Waals surface area contributed by atoms with Crippen molar-refractivity contribution in [3.63, 3.8) is 0 Å². The standard InChI is InChI=1S/C15H21FO2/c1-4-15(2,3)11-5-6-14(13(16)9-11)18-12-7-8-17-10-12/h5-6,9,12H,4,7-8,10H2,1-3H3. The molecule has 18 heavy (non-hydrogen) atoms. The number of hydrogen-bond acceptors (Lipinski definition) is 2. The fourth-order valence-corrected chi connectivity index (χ4v) is 2.01. The van der Waals surface area contributed by atoms with Crippen LogP contribution in [0.4, 0.5) is 4.39 Å². The molecular formula is C15H21FO2. The summed E-state index contributed by atoms with van der Waals surface area (Å²) < 4.78 is 24.8. The Kier molecular flexibility index (Phi) is 3.91. The molecule has 0 saturated carbocycles. The Morgan fingerprint density at radius 3 is 2.78 bits per heavy atom. The highest BCUT2D eigenvalue weighted by atomic mass is 19.1. The van der Waals surface area contributed by atoms with Crippen molar-refractivity contribution < 1.29 is 13.9 Å². The minimum absolute atomic E-state index is 0.00413. The molecular weight excluding hydrogens is 231 g/mol. The molecule has 0 bridgehead atoms. The first-order valence-corrected chi connectivity index (χ1v) is 6.57. The van der Waals surface area contributed by atoms with Gasteiger partial charge in [0.2, 0.25) is 0 Å². The Hall–Kier alpha value is -1.09. The van der Waals surface area contributed by atoms with Crippen molar-refractivity contribution in [1.29, 1.82) is 0 Å². The molecule has 1 atom stereocenters. The molecule has 1 aliphatic rings. The number of benzene rings is 1. The molecule has 100 valence electrons. The third kappa shape index (κ3) is 2.83. The van der Waals surface area contributed by atoms with Crippen molar-refractivity contribution in [1.82, 2.24) is 0 Å². The number of halogens is 1. The van der Waals surface area contributed by atoms with E-state index < -0.39 is 0 Å². The van der Waals surface area contributed by atoms with Gasteiger partial charge in [0.1, 0.15) is 6.10 Å². The topological polar surface area (TPSA) is 18.5 Å². The van der Waals surface area contributed by atoms with Gasteiger partial charge in [-0.2, -0.15) is 0 Å². The van der Waals surface area contributed by atoms with Crippen LogP contribution in [0.3, 0.4) is 0 Å². The molecule has 1 unspecified atom stereocenters. The largest absolute Gasteiger partial charge is 0.485 e. The van der Waals surface area contributed by atoms with Gasteiger partial charge in [0, 0.05) is 6.42 Å². The maximum atomic E-state index is 14.0. The molecule has 1 aromatic carbocycles. The Morgan fingerprint density at radius 1 is 1.44 bits per heavy atom. The lowest BCUT2D eigenvalue weighted by Crippen LogP contribution is -2.18. The SMILES string of the molecule is CCC(C)(C)c1ccc(OC2CCOC2)c(F)c1. The van der Waals surface area contributed by atoms with E-state index in [1.165, 1.54) is 0 Å². The zero-order chi connectivity index (χ0) is 13.2. The van der Waals surface area contributed by atoms with Crippen molar-refractivity contribution in [3.8, 4) is 5.75 Å². The van der Waals surface area contributed by atoms with Crippen LogP contribution in [0, 0.1) is 5.82 Å². The molecule has 0 aliphatic carbocycles. The van der Waals surface area contributed by atoms with Crippen LogP contribution in [-0.2, 0) is 10.2 Å². The molecule has 1 saturated heterocycles. The first-order chi connectivity index (χ1) is 8.53. The summed E-state index contributed by atoms with van der Waals surface area (Å²) in [6.07, 6.45) is 1.80. The minimum Gasteiger partial charge on any atom is -0.485 e. The van der Waals surface area contributed by atoms with Gasteiger partial charge in [-0.3, -0.25) is 0 Å². The van der Waals surface area contributed by atoms with Gasteiger partial charge in [0.05, 0.1) is 13.2 Å². The molecule has 0 N–H and O–H groups in total. The third-order valence-corrected chi connectivity index (χ3v) is 3.78. The third-order valence-electron chi connectivity index (χ3n) is 3.78. The van der Waals surface area contributed by atoms with E-state index in [0.717, 1.165) is 18.4 Å². The fourth-order valence-electron chi connectivity index (χ4n) is 2.01. The number of hydrogen-bond donors (Lipinski definition) is 0. The number of rotatable bonds is 4. The highest BCUT2D eigenvalue weighted by Crippen LogP contribution is 2.30. The van der Waals surface area contributed by atoms with Crippen molar-refractivity contribution in [3.05, 3.63) is 29.6 Å². The van der Waals surface area contributed by atoms with Gasteiger partial charge in [-0.1, -0.05) is 26.8 Å². The van der Waals surface area contributed by atoms with Gasteiger partial charge in [-0.25, -0.2) is 4.39 Å². The summed E-state index contributed by atoms with van der Waals surface area (Å²) in [5.74, 6) is 0.0575. The molecule has 1 heterocycles. The van der Waals surface area contributed by atoms with Crippen molar-refractivity contribution in [2.24, 2.45) is 0 Å². The summed E-state index contributed by atoms with van der Waals surface area (Å²) in [4.78, 5) is 0. The van der Waals surface area contributed by atoms with Gasteiger partial charge in [0.15, 0.2) is 11.6 Å². The van der Waals surface area contributed by atoms with Crippen LogP contribution >= 0.6 is 0 Å². The first kappa shape index (κ1) is 13.3. The van der Waals surface area contributed by atoms with Gasteiger partial charge in [-0.05, 0) is 29.5 Å². The lowest BCUT2D eigenvalue weighted by atomic mass is 9.82. The molecule has 1 aliphatic heterocycles. The van der Waals surface area contributed by atoms with Crippen LogP contribution in [0.25, 0.3) is 0 Å². The predicted octanol–water partition coefficient (Wildman–Crippen LogP) is 3.68. The molecule has 0 radical (unpaired) electrons. The molecule has 0 spiro atoms. The van der Waals surface area contributed by atoms with E-state index >= 15 is 0 Å². The summed E-state index contributed by atoms with van der Waals surface area (Å²) in [6.45, 7) is 7.60. The Labute approximate surface area is 108 Å². The summed E-state index contributed by atoms with van der Waals surface area (Å²) >= 11 is 0. The van der Waals surface area contributed by atoms with E-state index in [-0.39, 0.29) is 17.3 Å². The van der Waals surface area contributed by atoms with Crippen LogP contribution in [0.1, 0.15) is 39.2 Å². The van der Waals surface area contributed by atoms with Gasteiger partial charge in [-0.15, -0.1) is 0 Å². The van der Waals surface area contributed by atoms with Crippen molar-refractivity contribution in [2.45, 2.75) is 45.1 Å². The Bertz CT molecular complexity index is 409. The maximum Gasteiger partial charge on any atom is 0.165 e. The molecule has 2 rings (SSSR count). The second kappa shape index (κ2) is 5.27. The minimum atomic E-state index is -0.277. The molecule has 1 aromatic rings. The first-order valence-electron chi connectivity index (χ1n) is 6.57. The van der Waals surface area contributed by atoms with Crippen LogP contribution in [-0.4, -0.2) is 19.3 Å². The van der Waals surface area contributed by atoms with Crippen molar-refractivity contribution in [2.75, 3.05) is 13.2 Å². The van der Waals surface area contributed by atoms with E-state index in [0.29, 0.717) is 19.0 Å². The number of ether oxygens (including phenoxy) is 2. The Balaban J connectivity index is 2.14. The highest BCUT2D eigenvalue weighted by Gasteiger charge is 2.22. The highest BCUT2D eigenvalue weighted by molar-refractivity contribution is 5.33. The van der Waals surface area contributed by atoms with Gasteiger partial charge < -0.3 is 9.47 Å². The van der Waals surface area contributed by atoms with E-state index in [2.05, 4.69) is 20.8 Å². The summed E-state index contributed by atoms with van der Waals surface area (Å²) in [7, 11) is 0. The van der Waals surface area contributed by atoms with Crippen LogP contribution in [0.2, 0.25) is 0 Å². The predicted molar refractivity (Wildman–Crippen MR) is 69.6 cm³/mol. The molecule has 0 aromatic heterocycles. The van der Waals surface area contributed by atoms with E-state index in [1.807, 2.05) is 6.07 Å². The lowest BCUT2D eigenvalue weighted by molar-refractivity contribution is 0.138. The normalized spacial score (nSPS) is 20.1. The summed E-state index contributed by atoms with van der Waals surface area (Å²) in [5.41, 5.74) is 1.01. The Morgan fingerprint density at radius 2 is 2.22 bits per heavy atom. The van der Waals surface area contributed by atoms with Gasteiger partial charge >= 0.3 is 0 Å². The molecule has 1 fully saturated rings. The smallest absolute Gasteiger partial charge is 0.165 e. The zero-order valence-electron chi connectivity index (χ0n) is 11.3. The summed E-state index contributed by atoms with van der Waals surface area (Å²) in [5, 5.41) is 0. The maximum absolute atomic E-state index is 14.0. The second-order valence-corrected chi connectivity index (χ2v) is 5.49. The van der Waals surface area contributed by atoms with Gasteiger partial charge in [0.25, 0.3) is 0 Å². The average Bonchev–Trinajstić information content (AvgIpc) is 2.84. The molecule has 0 amide bonds. The van der Waals surface area contributed by atoms with E-state index in [4.69, 9.17) is 9.47 Å². The van der Waals surface area contributed by atoms with E-state index in [1.54, 1.807) is 12.1 Å². The molecule has 2 nitrogen and oxygen atoms in total. The zero-order valence-corrected chi connectivity index (χ0v) is 11.3. The lowest BCUT2D eigenvalue weighted by Gasteiger charge is -2.24. The van der Waals surface area contributed by atoms with E-state index in [9.17, 15) is 4.39 Å². The van der Waals surface area contributed by atoms with Crippen LogP contribution in [0.5, 0.6) is 5.75 Å². The average molecular weight is 252 g/mol. The monoisotopic (exact) mass is 252 g/mol. The fraction of sp³-hybridized carbons (Fsp3) is 0.600. The van der Waals surface area contributed by atoms with Crippen molar-refractivity contribution >= 4 is 0 Å². The van der Waals surface area contributed by atoms with Crippen LogP contribution < -0.4 is 4.74 Å². The quantitative estimate of drug-likeness (QED) is 0.813. The van der Waals surface area contributed by atoms with Crippen LogP contribution in [0.15, 0.2) is 18.2 Å².